The maximum Gasteiger partial charge on any atom is 0.262 e. The summed E-state index contributed by atoms with van der Waals surface area (Å²) in [5, 5.41) is 12.0. The molecule has 4 N–H and O–H groups in total. The first-order valence-electron chi connectivity index (χ1n) is 21.2. The number of benzene rings is 3. The Kier molecular flexibility index (Phi) is 11.8. The number of amides is 4. The van der Waals surface area contributed by atoms with Gasteiger partial charge in [0.05, 0.1) is 21.6 Å². The van der Waals surface area contributed by atoms with E-state index in [2.05, 4.69) is 36.1 Å². The van der Waals surface area contributed by atoms with Crippen LogP contribution in [-0.4, -0.2) is 95.3 Å². The summed E-state index contributed by atoms with van der Waals surface area (Å²) in [5.41, 5.74) is 5.56. The quantitative estimate of drug-likeness (QED) is 0.0861. The van der Waals surface area contributed by atoms with Crippen LogP contribution in [0.5, 0.6) is 0 Å². The second kappa shape index (κ2) is 17.1. The molecule has 15 nitrogen and oxygen atoms in total. The zero-order chi connectivity index (χ0) is 43.9. The molecule has 3 aromatic carbocycles. The number of nitrogens with zero attached hydrogens (tertiary/aromatic N) is 5. The highest BCUT2D eigenvalue weighted by Gasteiger charge is 2.45. The lowest BCUT2D eigenvalue weighted by atomic mass is 9.89. The zero-order valence-electron chi connectivity index (χ0n) is 35.4. The third kappa shape index (κ3) is 8.60. The Balaban J connectivity index is 0.792. The molecular weight excluding hydrogens is 814 g/mol. The van der Waals surface area contributed by atoms with Crippen LogP contribution in [0.4, 0.5) is 38.9 Å². The second-order valence-corrected chi connectivity index (χ2v) is 20.1. The number of hydrogen-bond donors (Lipinski definition) is 4. The SMILES string of the molecule is Cc1cnc(Nc2ccc(C3CCN(CCCCNc4ccc5c(c4)C(=O)N(C4CCC(=O)NC4=O)C5=O)CC3)c(F)c2)nc1Nc1ccc2c(c1)N(S(=O)(=O)C(C)(C)C)CC2. The third-order valence-corrected chi connectivity index (χ3v) is 14.7. The van der Waals surface area contributed by atoms with Gasteiger partial charge in [0.1, 0.15) is 17.7 Å². The van der Waals surface area contributed by atoms with Crippen LogP contribution in [-0.2, 0) is 26.0 Å². The zero-order valence-corrected chi connectivity index (χ0v) is 36.2. The molecule has 62 heavy (non-hydrogen) atoms. The van der Waals surface area contributed by atoms with Crippen LogP contribution in [0, 0.1) is 12.7 Å². The molecular formula is C45H52FN9O6S. The summed E-state index contributed by atoms with van der Waals surface area (Å²) in [7, 11) is -3.56. The summed E-state index contributed by atoms with van der Waals surface area (Å²) in [6, 6.07) is 14.9. The highest BCUT2D eigenvalue weighted by Crippen LogP contribution is 2.38. The fourth-order valence-electron chi connectivity index (χ4n) is 8.58. The van der Waals surface area contributed by atoms with Crippen molar-refractivity contribution in [2.75, 3.05) is 53.0 Å². The first-order valence-corrected chi connectivity index (χ1v) is 22.7. The molecule has 2 saturated heterocycles. The van der Waals surface area contributed by atoms with Gasteiger partial charge in [-0.1, -0.05) is 12.1 Å². The number of piperidine rings is 2. The third-order valence-electron chi connectivity index (χ3n) is 12.2. The number of carbonyl (C=O) groups is 4. The highest BCUT2D eigenvalue weighted by molar-refractivity contribution is 7.94. The normalized spacial score (nSPS) is 18.5. The number of unbranched alkanes of at least 4 members (excludes halogenated alkanes) is 1. The number of fused-ring (bicyclic) bond motifs is 2. The van der Waals surface area contributed by atoms with E-state index in [0.717, 1.165) is 61.3 Å². The minimum absolute atomic E-state index is 0.0728. The van der Waals surface area contributed by atoms with Gasteiger partial charge in [0.15, 0.2) is 0 Å². The maximum absolute atomic E-state index is 15.6. The molecule has 1 unspecified atom stereocenters. The van der Waals surface area contributed by atoms with Crippen molar-refractivity contribution in [3.63, 3.8) is 0 Å². The van der Waals surface area contributed by atoms with E-state index in [4.69, 9.17) is 0 Å². The lowest BCUT2D eigenvalue weighted by Crippen LogP contribution is -2.54. The summed E-state index contributed by atoms with van der Waals surface area (Å²) >= 11 is 0. The smallest absolute Gasteiger partial charge is 0.262 e. The molecule has 0 radical (unpaired) electrons. The van der Waals surface area contributed by atoms with Crippen molar-refractivity contribution < 1.29 is 32.0 Å². The maximum atomic E-state index is 15.6. The number of sulfonamides is 1. The lowest BCUT2D eigenvalue weighted by Gasteiger charge is -2.32. The van der Waals surface area contributed by atoms with Crippen molar-refractivity contribution in [1.29, 1.82) is 0 Å². The number of rotatable bonds is 13. The number of carbonyl (C=O) groups excluding carboxylic acids is 4. The van der Waals surface area contributed by atoms with E-state index in [1.54, 1.807) is 45.2 Å². The van der Waals surface area contributed by atoms with Crippen LogP contribution in [0.2, 0.25) is 0 Å². The fraction of sp³-hybridized carbons (Fsp3) is 0.422. The van der Waals surface area contributed by atoms with Crippen molar-refractivity contribution in [3.8, 4) is 0 Å². The molecule has 4 amide bonds. The predicted octanol–water partition coefficient (Wildman–Crippen LogP) is 6.38. The molecule has 8 rings (SSSR count). The molecule has 4 aliphatic rings. The Hall–Kier alpha value is -5.94. The molecule has 0 aliphatic carbocycles. The summed E-state index contributed by atoms with van der Waals surface area (Å²) in [5.74, 6) is -1.43. The molecule has 0 saturated carbocycles. The largest absolute Gasteiger partial charge is 0.385 e. The summed E-state index contributed by atoms with van der Waals surface area (Å²) in [4.78, 5) is 62.5. The number of anilines is 6. The average Bonchev–Trinajstić information content (AvgIpc) is 3.77. The van der Waals surface area contributed by atoms with Gasteiger partial charge in [-0.25, -0.2) is 17.8 Å². The number of halogens is 1. The minimum atomic E-state index is -3.56. The molecule has 2 fully saturated rings. The molecule has 1 aromatic heterocycles. The lowest BCUT2D eigenvalue weighted by molar-refractivity contribution is -0.136. The standard InChI is InChI=1S/C45H52FN9O6S/c1-27-26-48-44(52-40(27)49-32-8-7-29-17-22-54(38(29)25-32)62(60,61)45(2,3)4)50-31-10-11-33(36(46)24-31)28-15-20-53(21-16-28)19-6-5-18-47-30-9-12-34-35(23-30)43(59)55(42(34)58)37-13-14-39(56)51-41(37)57/h7-12,23-26,28,37,47H,5-6,13-22H2,1-4H3,(H,51,56,57)(H2,48,49,50,52). The molecule has 4 aromatic rings. The Morgan fingerprint density at radius 1 is 0.839 bits per heavy atom. The highest BCUT2D eigenvalue weighted by atomic mass is 32.2. The molecule has 17 heteroatoms. The Morgan fingerprint density at radius 2 is 1.56 bits per heavy atom. The fourth-order valence-corrected chi connectivity index (χ4v) is 10.0. The molecule has 1 atom stereocenters. The Morgan fingerprint density at radius 3 is 2.31 bits per heavy atom. The molecule has 5 heterocycles. The van der Waals surface area contributed by atoms with Gasteiger partial charge in [-0.15, -0.1) is 0 Å². The first-order chi connectivity index (χ1) is 29.6. The predicted molar refractivity (Wildman–Crippen MR) is 235 cm³/mol. The van der Waals surface area contributed by atoms with Gasteiger partial charge >= 0.3 is 0 Å². The second-order valence-electron chi connectivity index (χ2n) is 17.5. The van der Waals surface area contributed by atoms with Crippen molar-refractivity contribution >= 4 is 68.2 Å². The van der Waals surface area contributed by atoms with E-state index in [1.165, 1.54) is 10.4 Å². The number of likely N-dealkylation sites (tertiary alicyclic amines) is 1. The number of nitrogens with one attached hydrogen (secondary N) is 4. The van der Waals surface area contributed by atoms with Gasteiger partial charge in [-0.2, -0.15) is 4.98 Å². The van der Waals surface area contributed by atoms with Crippen molar-refractivity contribution in [2.45, 2.75) is 89.3 Å². The van der Waals surface area contributed by atoms with Gasteiger partial charge in [0, 0.05) is 48.3 Å². The van der Waals surface area contributed by atoms with Crippen molar-refractivity contribution in [3.05, 3.63) is 94.4 Å². The van der Waals surface area contributed by atoms with Crippen LogP contribution in [0.3, 0.4) is 0 Å². The van der Waals surface area contributed by atoms with Crippen LogP contribution < -0.4 is 25.6 Å². The molecule has 0 bridgehead atoms. The Bertz CT molecular complexity index is 2550. The summed E-state index contributed by atoms with van der Waals surface area (Å²) in [6.45, 7) is 10.7. The molecule has 326 valence electrons. The van der Waals surface area contributed by atoms with E-state index in [-0.39, 0.29) is 35.7 Å². The summed E-state index contributed by atoms with van der Waals surface area (Å²) in [6.07, 6.45) is 6.04. The minimum Gasteiger partial charge on any atom is -0.385 e. The van der Waals surface area contributed by atoms with Crippen LogP contribution in [0.25, 0.3) is 0 Å². The molecule has 0 spiro atoms. The van der Waals surface area contributed by atoms with Gasteiger partial charge in [-0.3, -0.25) is 33.7 Å². The van der Waals surface area contributed by atoms with Crippen LogP contribution in [0.1, 0.15) is 103 Å². The van der Waals surface area contributed by atoms with E-state index in [9.17, 15) is 27.6 Å². The van der Waals surface area contributed by atoms with Crippen molar-refractivity contribution in [2.24, 2.45) is 0 Å². The van der Waals surface area contributed by atoms with Gasteiger partial charge in [-0.05, 0) is 145 Å². The van der Waals surface area contributed by atoms with Gasteiger partial charge in [0.25, 0.3) is 11.8 Å². The number of imide groups is 2. The monoisotopic (exact) mass is 865 g/mol. The van der Waals surface area contributed by atoms with Gasteiger partial charge < -0.3 is 20.9 Å². The van der Waals surface area contributed by atoms with E-state index in [1.807, 2.05) is 37.3 Å². The number of aromatic nitrogens is 2. The van der Waals surface area contributed by atoms with E-state index in [0.29, 0.717) is 59.6 Å². The topological polar surface area (TPSA) is 186 Å². The van der Waals surface area contributed by atoms with E-state index < -0.39 is 44.4 Å². The van der Waals surface area contributed by atoms with Crippen LogP contribution in [0.15, 0.2) is 60.8 Å². The number of aryl methyl sites for hydroxylation is 1. The summed E-state index contributed by atoms with van der Waals surface area (Å²) < 4.78 is 42.8. The Labute approximate surface area is 360 Å². The van der Waals surface area contributed by atoms with Crippen molar-refractivity contribution in [1.82, 2.24) is 25.1 Å². The number of hydrogen-bond acceptors (Lipinski definition) is 12. The van der Waals surface area contributed by atoms with E-state index >= 15 is 4.39 Å². The first kappa shape index (κ1) is 42.7. The van der Waals surface area contributed by atoms with Crippen LogP contribution >= 0.6 is 0 Å². The molecule has 4 aliphatic heterocycles. The average molecular weight is 866 g/mol. The van der Waals surface area contributed by atoms with Gasteiger partial charge in [0.2, 0.25) is 27.8 Å².